The Morgan fingerprint density at radius 2 is 1.56 bits per heavy atom. The van der Waals surface area contributed by atoms with Gasteiger partial charge in [-0.1, -0.05) is 36.4 Å². The van der Waals surface area contributed by atoms with Crippen LogP contribution < -0.4 is 15.4 Å². The number of benzene rings is 3. The molecule has 0 aromatic heterocycles. The van der Waals surface area contributed by atoms with Gasteiger partial charge < -0.3 is 15.4 Å². The van der Waals surface area contributed by atoms with Crippen molar-refractivity contribution in [1.82, 2.24) is 0 Å². The highest BCUT2D eigenvalue weighted by Crippen LogP contribution is 2.17. The van der Waals surface area contributed by atoms with Crippen LogP contribution in [0.25, 0.3) is 0 Å². The third kappa shape index (κ3) is 5.61. The molecule has 0 heterocycles. The summed E-state index contributed by atoms with van der Waals surface area (Å²) in [6.45, 7) is 4.86. The molecule has 2 N–H and O–H groups in total. The Morgan fingerprint density at radius 3 is 2.26 bits per heavy atom. The normalized spacial score (nSPS) is 10.3. The number of aryl methyl sites for hydroxylation is 2. The highest BCUT2D eigenvalue weighted by molar-refractivity contribution is 5.93. The first-order valence-electron chi connectivity index (χ1n) is 8.98. The van der Waals surface area contributed by atoms with Crippen molar-refractivity contribution in [2.24, 2.45) is 0 Å². The maximum atomic E-state index is 12.1. The van der Waals surface area contributed by atoms with Gasteiger partial charge in [-0.25, -0.2) is 0 Å². The lowest BCUT2D eigenvalue weighted by Gasteiger charge is -2.10. The van der Waals surface area contributed by atoms with E-state index in [0.717, 1.165) is 22.7 Å². The van der Waals surface area contributed by atoms with Crippen molar-refractivity contribution < 1.29 is 9.53 Å². The number of anilines is 2. The van der Waals surface area contributed by atoms with Crippen LogP contribution in [0.2, 0.25) is 0 Å². The first-order valence-corrected chi connectivity index (χ1v) is 8.98. The molecule has 0 aliphatic carbocycles. The highest BCUT2D eigenvalue weighted by Gasteiger charge is 2.04. The van der Waals surface area contributed by atoms with Gasteiger partial charge in [-0.3, -0.25) is 4.79 Å². The molecule has 0 aliphatic rings. The zero-order chi connectivity index (χ0) is 19.1. The Bertz CT molecular complexity index is 890. The number of carbonyl (C=O) groups excluding carboxylic acids is 1. The molecule has 138 valence electrons. The van der Waals surface area contributed by atoms with Crippen LogP contribution in [0.3, 0.4) is 0 Å². The maximum Gasteiger partial charge on any atom is 0.243 e. The topological polar surface area (TPSA) is 50.4 Å². The molecule has 4 heteroatoms. The fourth-order valence-electron chi connectivity index (χ4n) is 2.61. The molecule has 3 aromatic rings. The standard InChI is InChI=1S/C23H24N2O2/c1-17-8-9-21(14-18(17)2)24-15-23(26)25-20-10-12-22(13-11-20)27-16-19-6-4-3-5-7-19/h3-14,24H,15-16H2,1-2H3,(H,25,26). The van der Waals surface area contributed by atoms with Crippen molar-refractivity contribution in [3.05, 3.63) is 89.5 Å². The minimum Gasteiger partial charge on any atom is -0.489 e. The molecule has 0 saturated heterocycles. The molecule has 3 aromatic carbocycles. The van der Waals surface area contributed by atoms with Gasteiger partial charge in [0, 0.05) is 11.4 Å². The summed E-state index contributed by atoms with van der Waals surface area (Å²) in [6, 6.07) is 23.5. The Morgan fingerprint density at radius 1 is 0.852 bits per heavy atom. The van der Waals surface area contributed by atoms with Gasteiger partial charge >= 0.3 is 0 Å². The van der Waals surface area contributed by atoms with Gasteiger partial charge in [0.1, 0.15) is 12.4 Å². The van der Waals surface area contributed by atoms with Gasteiger partial charge in [-0.2, -0.15) is 0 Å². The molecule has 0 aliphatic heterocycles. The van der Waals surface area contributed by atoms with E-state index in [1.54, 1.807) is 0 Å². The molecule has 3 rings (SSSR count). The predicted molar refractivity (Wildman–Crippen MR) is 110 cm³/mol. The van der Waals surface area contributed by atoms with Crippen LogP contribution in [-0.4, -0.2) is 12.5 Å². The molecule has 27 heavy (non-hydrogen) atoms. The van der Waals surface area contributed by atoms with Crippen molar-refractivity contribution in [1.29, 1.82) is 0 Å². The van der Waals surface area contributed by atoms with E-state index in [1.165, 1.54) is 11.1 Å². The van der Waals surface area contributed by atoms with Gasteiger partial charge in [-0.05, 0) is 66.9 Å². The lowest BCUT2D eigenvalue weighted by Crippen LogP contribution is -2.21. The lowest BCUT2D eigenvalue weighted by atomic mass is 10.1. The predicted octanol–water partition coefficient (Wildman–Crippen LogP) is 4.93. The Labute approximate surface area is 160 Å². The second-order valence-electron chi connectivity index (χ2n) is 6.50. The molecule has 0 unspecified atom stereocenters. The third-order valence-electron chi connectivity index (χ3n) is 4.35. The van der Waals surface area contributed by atoms with Crippen LogP contribution >= 0.6 is 0 Å². The van der Waals surface area contributed by atoms with Crippen LogP contribution in [0.1, 0.15) is 16.7 Å². The summed E-state index contributed by atoms with van der Waals surface area (Å²) in [5.41, 5.74) is 5.24. The molecule has 4 nitrogen and oxygen atoms in total. The number of ether oxygens (including phenoxy) is 1. The van der Waals surface area contributed by atoms with Gasteiger partial charge in [0.2, 0.25) is 5.91 Å². The first-order chi connectivity index (χ1) is 13.1. The van der Waals surface area contributed by atoms with E-state index in [2.05, 4.69) is 24.5 Å². The summed E-state index contributed by atoms with van der Waals surface area (Å²) in [5.74, 6) is 0.677. The van der Waals surface area contributed by atoms with E-state index in [4.69, 9.17) is 4.74 Å². The molecule has 0 saturated carbocycles. The Kier molecular flexibility index (Phi) is 6.10. The second kappa shape index (κ2) is 8.90. The third-order valence-corrected chi connectivity index (χ3v) is 4.35. The Balaban J connectivity index is 1.47. The van der Waals surface area contributed by atoms with Crippen molar-refractivity contribution in [2.45, 2.75) is 20.5 Å². The number of amides is 1. The summed E-state index contributed by atoms with van der Waals surface area (Å²) >= 11 is 0. The maximum absolute atomic E-state index is 12.1. The zero-order valence-electron chi connectivity index (χ0n) is 15.7. The minimum atomic E-state index is -0.0915. The minimum absolute atomic E-state index is 0.0915. The average Bonchev–Trinajstić information content (AvgIpc) is 2.69. The SMILES string of the molecule is Cc1ccc(NCC(=O)Nc2ccc(OCc3ccccc3)cc2)cc1C. The summed E-state index contributed by atoms with van der Waals surface area (Å²) in [7, 11) is 0. The van der Waals surface area contributed by atoms with Crippen LogP contribution in [0.15, 0.2) is 72.8 Å². The summed E-state index contributed by atoms with van der Waals surface area (Å²) in [5, 5.41) is 6.03. The molecular weight excluding hydrogens is 336 g/mol. The molecule has 0 radical (unpaired) electrons. The largest absolute Gasteiger partial charge is 0.489 e. The van der Waals surface area contributed by atoms with Gasteiger partial charge in [0.15, 0.2) is 0 Å². The molecule has 0 fully saturated rings. The number of carbonyl (C=O) groups is 1. The number of hydrogen-bond acceptors (Lipinski definition) is 3. The van der Waals surface area contributed by atoms with Crippen molar-refractivity contribution in [3.8, 4) is 5.75 Å². The van der Waals surface area contributed by atoms with Crippen LogP contribution in [0, 0.1) is 13.8 Å². The number of nitrogens with one attached hydrogen (secondary N) is 2. The van der Waals surface area contributed by atoms with Crippen molar-refractivity contribution in [2.75, 3.05) is 17.2 Å². The van der Waals surface area contributed by atoms with E-state index in [9.17, 15) is 4.79 Å². The zero-order valence-corrected chi connectivity index (χ0v) is 15.7. The number of rotatable bonds is 7. The Hall–Kier alpha value is -3.27. The van der Waals surface area contributed by atoms with Crippen LogP contribution in [-0.2, 0) is 11.4 Å². The van der Waals surface area contributed by atoms with Gasteiger partial charge in [0.05, 0.1) is 6.54 Å². The average molecular weight is 360 g/mol. The lowest BCUT2D eigenvalue weighted by molar-refractivity contribution is -0.114. The van der Waals surface area contributed by atoms with E-state index < -0.39 is 0 Å². The van der Waals surface area contributed by atoms with Crippen LogP contribution in [0.4, 0.5) is 11.4 Å². The molecule has 0 atom stereocenters. The van der Waals surface area contributed by atoms with E-state index in [1.807, 2.05) is 72.8 Å². The molecule has 0 spiro atoms. The molecular formula is C23H24N2O2. The van der Waals surface area contributed by atoms with Gasteiger partial charge in [0.25, 0.3) is 0 Å². The fourth-order valence-corrected chi connectivity index (χ4v) is 2.61. The first kappa shape index (κ1) is 18.5. The number of hydrogen-bond donors (Lipinski definition) is 2. The van der Waals surface area contributed by atoms with E-state index in [0.29, 0.717) is 6.61 Å². The smallest absolute Gasteiger partial charge is 0.243 e. The molecule has 0 bridgehead atoms. The van der Waals surface area contributed by atoms with E-state index in [-0.39, 0.29) is 12.5 Å². The van der Waals surface area contributed by atoms with Crippen molar-refractivity contribution in [3.63, 3.8) is 0 Å². The van der Waals surface area contributed by atoms with Gasteiger partial charge in [-0.15, -0.1) is 0 Å². The van der Waals surface area contributed by atoms with Crippen LogP contribution in [0.5, 0.6) is 5.75 Å². The quantitative estimate of drug-likeness (QED) is 0.628. The van der Waals surface area contributed by atoms with Crippen molar-refractivity contribution >= 4 is 17.3 Å². The summed E-state index contributed by atoms with van der Waals surface area (Å²) < 4.78 is 5.75. The monoisotopic (exact) mass is 360 g/mol. The van der Waals surface area contributed by atoms with E-state index >= 15 is 0 Å². The fraction of sp³-hybridized carbons (Fsp3) is 0.174. The molecule has 1 amide bonds. The summed E-state index contributed by atoms with van der Waals surface area (Å²) in [4.78, 5) is 12.1. The second-order valence-corrected chi connectivity index (χ2v) is 6.50. The summed E-state index contributed by atoms with van der Waals surface area (Å²) in [6.07, 6.45) is 0. The highest BCUT2D eigenvalue weighted by atomic mass is 16.5.